The van der Waals surface area contributed by atoms with Crippen molar-refractivity contribution in [2.75, 3.05) is 33.8 Å². The molecule has 11 rings (SSSR count). The van der Waals surface area contributed by atoms with Crippen LogP contribution < -0.4 is 29.1 Å². The highest BCUT2D eigenvalue weighted by Crippen LogP contribution is 2.42. The largest absolute Gasteiger partial charge is 0.497 e. The van der Waals surface area contributed by atoms with Crippen molar-refractivity contribution in [1.82, 2.24) is 0 Å². The smallest absolute Gasteiger partial charge is 0.194 e. The third-order valence-electron chi connectivity index (χ3n) is 14.1. The quantitative estimate of drug-likeness (QED) is 0.0627. The minimum atomic E-state index is 0.457. The summed E-state index contributed by atoms with van der Waals surface area (Å²) >= 11 is 0. The molecule has 0 heterocycles. The standard InChI is InChI=1S/C74H56N6O2/c1-76-74-53-57(30-24-55-26-32-64(33-27-55)77(60-16-8-4-9-17-60)66-36-40-68(41-37-66)79(62-20-12-6-13-21-62)70-44-48-72(81-2)49-45-70)59(54-75)52-58(74)31-25-56-28-34-65(35-29-56)78(61-18-10-5-11-19-61)67-38-42-69(43-39-67)80(63-22-14-7-15-23-63)71-46-50-73(82-3)51-47-71/h4-53H,2-3H3. The van der Waals surface area contributed by atoms with Gasteiger partial charge >= 0.3 is 0 Å². The van der Waals surface area contributed by atoms with E-state index in [2.05, 4.69) is 200 Å². The first-order valence-electron chi connectivity index (χ1n) is 26.9. The van der Waals surface area contributed by atoms with Gasteiger partial charge in [-0.15, -0.1) is 0 Å². The minimum Gasteiger partial charge on any atom is -0.497 e. The molecule has 0 bridgehead atoms. The van der Waals surface area contributed by atoms with Crippen LogP contribution in [0, 0.1) is 17.9 Å². The molecule has 8 heteroatoms. The SMILES string of the molecule is [C-]#[N+]c1cc(C=Cc2ccc(N(c3ccccc3)c3ccc(N(c4ccccc4)c4ccc(OC)cc4)cc3)cc2)c(C#N)cc1C=Cc1ccc(N(c2ccccc2)c2ccc(N(c3ccccc3)c3ccc(OC)cc3)cc2)cc1. The van der Waals surface area contributed by atoms with Crippen LogP contribution in [0.5, 0.6) is 11.5 Å². The average Bonchev–Trinajstić information content (AvgIpc) is 3.59. The van der Waals surface area contributed by atoms with E-state index in [4.69, 9.17) is 16.0 Å². The van der Waals surface area contributed by atoms with Crippen LogP contribution in [0.15, 0.2) is 279 Å². The summed E-state index contributed by atoms with van der Waals surface area (Å²) in [5, 5.41) is 10.4. The number of ether oxygens (including phenoxy) is 2. The fraction of sp³-hybridized carbons (Fsp3) is 0.0270. The molecule has 0 aliphatic carbocycles. The van der Waals surface area contributed by atoms with Crippen molar-refractivity contribution in [2.45, 2.75) is 0 Å². The van der Waals surface area contributed by atoms with E-state index in [0.717, 1.165) is 90.9 Å². The Labute approximate surface area is 480 Å². The Morgan fingerprint density at radius 2 is 0.585 bits per heavy atom. The zero-order valence-corrected chi connectivity index (χ0v) is 45.4. The monoisotopic (exact) mass is 1060 g/mol. The van der Waals surface area contributed by atoms with Gasteiger partial charge in [-0.25, -0.2) is 4.85 Å². The van der Waals surface area contributed by atoms with Crippen LogP contribution >= 0.6 is 0 Å². The van der Waals surface area contributed by atoms with Crippen molar-refractivity contribution in [3.63, 3.8) is 0 Å². The molecule has 0 spiro atoms. The molecular formula is C74H56N6O2. The molecule has 11 aromatic carbocycles. The van der Waals surface area contributed by atoms with E-state index >= 15 is 0 Å². The van der Waals surface area contributed by atoms with E-state index < -0.39 is 0 Å². The number of methoxy groups -OCH3 is 2. The molecule has 0 atom stereocenters. The highest BCUT2D eigenvalue weighted by molar-refractivity contribution is 5.86. The maximum absolute atomic E-state index is 10.4. The Morgan fingerprint density at radius 1 is 0.329 bits per heavy atom. The molecule has 394 valence electrons. The first-order chi connectivity index (χ1) is 40.5. The van der Waals surface area contributed by atoms with Crippen LogP contribution in [-0.4, -0.2) is 14.2 Å². The number of nitrogens with zero attached hydrogens (tertiary/aromatic N) is 6. The summed E-state index contributed by atoms with van der Waals surface area (Å²) < 4.78 is 10.9. The number of anilines is 12. The normalized spacial score (nSPS) is 10.9. The topological polar surface area (TPSA) is 59.6 Å². The van der Waals surface area contributed by atoms with E-state index in [0.29, 0.717) is 22.4 Å². The molecule has 0 unspecified atom stereocenters. The van der Waals surface area contributed by atoms with Crippen LogP contribution in [0.4, 0.5) is 73.9 Å². The van der Waals surface area contributed by atoms with Crippen molar-refractivity contribution in [3.05, 3.63) is 318 Å². The summed E-state index contributed by atoms with van der Waals surface area (Å²) in [6.07, 6.45) is 7.80. The molecule has 0 radical (unpaired) electrons. The first-order valence-corrected chi connectivity index (χ1v) is 26.9. The van der Waals surface area contributed by atoms with Gasteiger partial charge in [-0.3, -0.25) is 0 Å². The molecule has 0 aromatic heterocycles. The second kappa shape index (κ2) is 25.0. The van der Waals surface area contributed by atoms with Gasteiger partial charge in [0.25, 0.3) is 0 Å². The number of hydrogen-bond donors (Lipinski definition) is 0. The summed E-state index contributed by atoms with van der Waals surface area (Å²) in [4.78, 5) is 12.8. The minimum absolute atomic E-state index is 0.457. The summed E-state index contributed by atoms with van der Waals surface area (Å²) in [7, 11) is 3.36. The second-order valence-electron chi connectivity index (χ2n) is 19.2. The summed E-state index contributed by atoms with van der Waals surface area (Å²) in [6, 6.07) is 97.4. The maximum atomic E-state index is 10.4. The molecule has 0 amide bonds. The molecule has 0 saturated heterocycles. The van der Waals surface area contributed by atoms with E-state index in [1.54, 1.807) is 26.4 Å². The van der Waals surface area contributed by atoms with Crippen LogP contribution in [0.3, 0.4) is 0 Å². The molecule has 0 fully saturated rings. The summed E-state index contributed by atoms with van der Waals surface area (Å²) in [5.41, 5.74) is 16.4. The van der Waals surface area contributed by atoms with Crippen molar-refractivity contribution in [1.29, 1.82) is 5.26 Å². The number of benzene rings is 11. The Kier molecular flexibility index (Phi) is 16.1. The summed E-state index contributed by atoms with van der Waals surface area (Å²) in [5.74, 6) is 1.60. The van der Waals surface area contributed by atoms with Gasteiger partial charge in [-0.2, -0.15) is 5.26 Å². The van der Waals surface area contributed by atoms with Gasteiger partial charge in [0, 0.05) is 68.2 Å². The average molecular weight is 1060 g/mol. The van der Waals surface area contributed by atoms with E-state index in [-0.39, 0.29) is 0 Å². The zero-order valence-electron chi connectivity index (χ0n) is 45.4. The Balaban J connectivity index is 0.810. The fourth-order valence-corrected chi connectivity index (χ4v) is 9.99. The molecule has 0 saturated carbocycles. The van der Waals surface area contributed by atoms with Crippen molar-refractivity contribution in [3.8, 4) is 17.6 Å². The van der Waals surface area contributed by atoms with Crippen LogP contribution in [0.1, 0.15) is 27.8 Å². The number of nitriles is 1. The van der Waals surface area contributed by atoms with Gasteiger partial charge in [0.05, 0.1) is 32.4 Å². The second-order valence-corrected chi connectivity index (χ2v) is 19.2. The van der Waals surface area contributed by atoms with Gasteiger partial charge in [0.1, 0.15) is 11.5 Å². The fourth-order valence-electron chi connectivity index (χ4n) is 9.99. The van der Waals surface area contributed by atoms with Crippen molar-refractivity contribution in [2.24, 2.45) is 0 Å². The number of hydrogen-bond acceptors (Lipinski definition) is 7. The van der Waals surface area contributed by atoms with Gasteiger partial charge in [-0.1, -0.05) is 121 Å². The van der Waals surface area contributed by atoms with Crippen molar-refractivity contribution < 1.29 is 9.47 Å². The number of para-hydroxylation sites is 4. The lowest BCUT2D eigenvalue weighted by molar-refractivity contribution is 0.414. The highest BCUT2D eigenvalue weighted by Gasteiger charge is 2.19. The third kappa shape index (κ3) is 11.9. The zero-order chi connectivity index (χ0) is 56.0. The predicted octanol–water partition coefficient (Wildman–Crippen LogP) is 20.3. The highest BCUT2D eigenvalue weighted by atomic mass is 16.5. The molecule has 0 aliphatic rings. The van der Waals surface area contributed by atoms with Crippen molar-refractivity contribution >= 4 is 98.2 Å². The van der Waals surface area contributed by atoms with Gasteiger partial charge in [0.2, 0.25) is 0 Å². The van der Waals surface area contributed by atoms with Crippen LogP contribution in [-0.2, 0) is 0 Å². The Hall–Kier alpha value is -11.3. The Morgan fingerprint density at radius 3 is 0.854 bits per heavy atom. The summed E-state index contributed by atoms with van der Waals surface area (Å²) in [6.45, 7) is 8.16. The maximum Gasteiger partial charge on any atom is 0.194 e. The first kappa shape index (κ1) is 52.7. The molecule has 0 N–H and O–H groups in total. The van der Waals surface area contributed by atoms with E-state index in [1.165, 1.54) is 0 Å². The van der Waals surface area contributed by atoms with Crippen LogP contribution in [0.2, 0.25) is 0 Å². The Bertz CT molecular complexity index is 3760. The third-order valence-corrected chi connectivity index (χ3v) is 14.1. The molecule has 0 aliphatic heterocycles. The van der Waals surface area contributed by atoms with Gasteiger partial charge < -0.3 is 29.1 Å². The predicted molar refractivity (Wildman–Crippen MR) is 340 cm³/mol. The molecule has 11 aromatic rings. The molecule has 8 nitrogen and oxygen atoms in total. The van der Waals surface area contributed by atoms with Gasteiger partial charge in [0.15, 0.2) is 5.69 Å². The molecular weight excluding hydrogens is 1000 g/mol. The molecule has 82 heavy (non-hydrogen) atoms. The van der Waals surface area contributed by atoms with E-state index in [1.807, 2.05) is 121 Å². The lowest BCUT2D eigenvalue weighted by atomic mass is 10.0. The van der Waals surface area contributed by atoms with E-state index in [9.17, 15) is 5.26 Å². The lowest BCUT2D eigenvalue weighted by Crippen LogP contribution is -2.12. The lowest BCUT2D eigenvalue weighted by Gasteiger charge is -2.28. The van der Waals surface area contributed by atoms with Gasteiger partial charge in [-0.05, 0) is 204 Å². The van der Waals surface area contributed by atoms with Crippen LogP contribution in [0.25, 0.3) is 29.1 Å². The number of rotatable bonds is 18.